The average molecular weight is 505 g/mol. The summed E-state index contributed by atoms with van der Waals surface area (Å²) in [4.78, 5) is 27.6. The van der Waals surface area contributed by atoms with Crippen LogP contribution in [-0.4, -0.2) is 59.9 Å². The zero-order valence-corrected chi connectivity index (χ0v) is 21.4. The van der Waals surface area contributed by atoms with Crippen LogP contribution < -0.4 is 14.8 Å². The molecule has 0 saturated carbocycles. The standard InChI is InChI=1S/C28H32N4O5/c1-4-32-27(28(34)31-13-15-36-16-14-31)23(18-29-32)30-26(33)12-10-21-9-11-25(35-3)22(17-21)19-37-24-8-6-5-7-20(24)2/h5-12,17-18H,4,13-16,19H2,1-3H3,(H,30,33)/b12-10+. The summed E-state index contributed by atoms with van der Waals surface area (Å²) in [7, 11) is 1.61. The number of nitrogens with one attached hydrogen (secondary N) is 1. The number of anilines is 1. The molecule has 1 aromatic heterocycles. The van der Waals surface area contributed by atoms with Gasteiger partial charge in [-0.15, -0.1) is 0 Å². The quantitative estimate of drug-likeness (QED) is 0.444. The monoisotopic (exact) mass is 504 g/mol. The molecule has 2 heterocycles. The first-order valence-electron chi connectivity index (χ1n) is 12.3. The summed E-state index contributed by atoms with van der Waals surface area (Å²) < 4.78 is 18.4. The Morgan fingerprint density at radius 3 is 2.65 bits per heavy atom. The van der Waals surface area contributed by atoms with Crippen molar-refractivity contribution in [3.8, 4) is 11.5 Å². The zero-order chi connectivity index (χ0) is 26.2. The molecule has 2 amide bonds. The summed E-state index contributed by atoms with van der Waals surface area (Å²) in [6.45, 7) is 6.74. The Labute approximate surface area is 216 Å². The predicted molar refractivity (Wildman–Crippen MR) is 141 cm³/mol. The fourth-order valence-electron chi connectivity index (χ4n) is 4.09. The van der Waals surface area contributed by atoms with Crippen molar-refractivity contribution in [1.82, 2.24) is 14.7 Å². The van der Waals surface area contributed by atoms with Gasteiger partial charge in [-0.05, 0) is 49.2 Å². The van der Waals surface area contributed by atoms with Crippen LogP contribution in [0.5, 0.6) is 11.5 Å². The van der Waals surface area contributed by atoms with Gasteiger partial charge in [-0.1, -0.05) is 24.3 Å². The van der Waals surface area contributed by atoms with Gasteiger partial charge in [0.15, 0.2) is 0 Å². The van der Waals surface area contributed by atoms with Crippen molar-refractivity contribution < 1.29 is 23.8 Å². The lowest BCUT2D eigenvalue weighted by atomic mass is 10.1. The number of nitrogens with zero attached hydrogens (tertiary/aromatic N) is 3. The van der Waals surface area contributed by atoms with Crippen LogP contribution in [0.3, 0.4) is 0 Å². The molecule has 194 valence electrons. The second-order valence-corrected chi connectivity index (χ2v) is 8.58. The van der Waals surface area contributed by atoms with Gasteiger partial charge in [0.05, 0.1) is 32.2 Å². The number of carbonyl (C=O) groups excluding carboxylic acids is 2. The number of methoxy groups -OCH3 is 1. The SMILES string of the molecule is CCn1ncc(NC(=O)/C=C/c2ccc(OC)c(COc3ccccc3C)c2)c1C(=O)N1CCOCC1. The molecule has 9 nitrogen and oxygen atoms in total. The number of carbonyl (C=O) groups is 2. The largest absolute Gasteiger partial charge is 0.496 e. The van der Waals surface area contributed by atoms with E-state index in [4.69, 9.17) is 14.2 Å². The first kappa shape index (κ1) is 26.0. The summed E-state index contributed by atoms with van der Waals surface area (Å²) in [5.74, 6) is 0.976. The first-order chi connectivity index (χ1) is 18.0. The van der Waals surface area contributed by atoms with Crippen LogP contribution in [0.15, 0.2) is 54.7 Å². The maximum Gasteiger partial charge on any atom is 0.274 e. The van der Waals surface area contributed by atoms with Gasteiger partial charge in [0.1, 0.15) is 23.8 Å². The molecule has 37 heavy (non-hydrogen) atoms. The molecule has 1 saturated heterocycles. The number of benzene rings is 2. The molecular weight excluding hydrogens is 472 g/mol. The molecular formula is C28H32N4O5. The van der Waals surface area contributed by atoms with Crippen LogP contribution in [0.4, 0.5) is 5.69 Å². The molecule has 3 aromatic rings. The maximum absolute atomic E-state index is 13.1. The van der Waals surface area contributed by atoms with Crippen LogP contribution >= 0.6 is 0 Å². The highest BCUT2D eigenvalue weighted by Gasteiger charge is 2.25. The average Bonchev–Trinajstić information content (AvgIpc) is 3.33. The molecule has 0 spiro atoms. The molecule has 1 aliphatic rings. The van der Waals surface area contributed by atoms with E-state index in [2.05, 4.69) is 10.4 Å². The molecule has 1 aliphatic heterocycles. The second kappa shape index (κ2) is 12.2. The zero-order valence-electron chi connectivity index (χ0n) is 21.4. The van der Waals surface area contributed by atoms with Gasteiger partial charge in [0.2, 0.25) is 5.91 Å². The van der Waals surface area contributed by atoms with E-state index in [9.17, 15) is 9.59 Å². The number of rotatable bonds is 9. The van der Waals surface area contributed by atoms with E-state index in [1.165, 1.54) is 12.3 Å². The molecule has 0 bridgehead atoms. The Morgan fingerprint density at radius 1 is 1.14 bits per heavy atom. The van der Waals surface area contributed by atoms with E-state index >= 15 is 0 Å². The van der Waals surface area contributed by atoms with E-state index in [0.29, 0.717) is 56.6 Å². The minimum Gasteiger partial charge on any atom is -0.496 e. The topological polar surface area (TPSA) is 94.9 Å². The van der Waals surface area contributed by atoms with Crippen LogP contribution in [0.1, 0.15) is 34.1 Å². The van der Waals surface area contributed by atoms with Crippen LogP contribution in [0.25, 0.3) is 6.08 Å². The van der Waals surface area contributed by atoms with Crippen molar-refractivity contribution in [3.63, 3.8) is 0 Å². The fraction of sp³-hybridized carbons (Fsp3) is 0.321. The highest BCUT2D eigenvalue weighted by molar-refractivity contribution is 6.06. The molecule has 9 heteroatoms. The van der Waals surface area contributed by atoms with Crippen LogP contribution in [-0.2, 0) is 22.7 Å². The third kappa shape index (κ3) is 6.37. The van der Waals surface area contributed by atoms with Crippen molar-refractivity contribution in [2.24, 2.45) is 0 Å². The van der Waals surface area contributed by atoms with Gasteiger partial charge in [0.25, 0.3) is 5.91 Å². The molecule has 1 N–H and O–H groups in total. The van der Waals surface area contributed by atoms with Gasteiger partial charge in [-0.3, -0.25) is 14.3 Å². The highest BCUT2D eigenvalue weighted by atomic mass is 16.5. The molecule has 4 rings (SSSR count). The Bertz CT molecular complexity index is 1280. The summed E-state index contributed by atoms with van der Waals surface area (Å²) in [6.07, 6.45) is 4.65. The Kier molecular flexibility index (Phi) is 8.58. The smallest absolute Gasteiger partial charge is 0.274 e. The van der Waals surface area contributed by atoms with Gasteiger partial charge in [-0.25, -0.2) is 0 Å². The minimum atomic E-state index is -0.361. The van der Waals surface area contributed by atoms with Crippen molar-refractivity contribution in [1.29, 1.82) is 0 Å². The summed E-state index contributed by atoms with van der Waals surface area (Å²) in [5.41, 5.74) is 3.47. The molecule has 0 unspecified atom stereocenters. The third-order valence-corrected chi connectivity index (χ3v) is 6.11. The van der Waals surface area contributed by atoms with Crippen LogP contribution in [0, 0.1) is 6.92 Å². The maximum atomic E-state index is 13.1. The number of amides is 2. The summed E-state index contributed by atoms with van der Waals surface area (Å²) in [6, 6.07) is 13.4. The predicted octanol–water partition coefficient (Wildman–Crippen LogP) is 3.92. The van der Waals surface area contributed by atoms with Gasteiger partial charge < -0.3 is 24.4 Å². The normalized spacial score (nSPS) is 13.5. The summed E-state index contributed by atoms with van der Waals surface area (Å²) >= 11 is 0. The Hall–Kier alpha value is -4.11. The van der Waals surface area contributed by atoms with E-state index in [-0.39, 0.29) is 11.8 Å². The molecule has 0 radical (unpaired) electrons. The second-order valence-electron chi connectivity index (χ2n) is 8.58. The van der Waals surface area contributed by atoms with Crippen molar-refractivity contribution in [2.75, 3.05) is 38.7 Å². The number of para-hydroxylation sites is 1. The van der Waals surface area contributed by atoms with Crippen molar-refractivity contribution >= 4 is 23.6 Å². The van der Waals surface area contributed by atoms with Gasteiger partial charge >= 0.3 is 0 Å². The fourth-order valence-corrected chi connectivity index (χ4v) is 4.09. The number of ether oxygens (including phenoxy) is 3. The Balaban J connectivity index is 1.46. The minimum absolute atomic E-state index is 0.171. The lowest BCUT2D eigenvalue weighted by Crippen LogP contribution is -2.41. The summed E-state index contributed by atoms with van der Waals surface area (Å²) in [5, 5.41) is 7.08. The van der Waals surface area contributed by atoms with Crippen LogP contribution in [0.2, 0.25) is 0 Å². The van der Waals surface area contributed by atoms with E-state index in [1.54, 1.807) is 22.8 Å². The lowest BCUT2D eigenvalue weighted by Gasteiger charge is -2.27. The third-order valence-electron chi connectivity index (χ3n) is 6.11. The number of hydrogen-bond donors (Lipinski definition) is 1. The van der Waals surface area contributed by atoms with Crippen molar-refractivity contribution in [2.45, 2.75) is 27.0 Å². The van der Waals surface area contributed by atoms with Crippen molar-refractivity contribution in [3.05, 3.63) is 77.1 Å². The first-order valence-corrected chi connectivity index (χ1v) is 12.3. The number of aromatic nitrogens is 2. The van der Waals surface area contributed by atoms with E-state index in [1.807, 2.05) is 56.3 Å². The van der Waals surface area contributed by atoms with Gasteiger partial charge in [0, 0.05) is 31.3 Å². The number of morpholine rings is 1. The molecule has 0 aliphatic carbocycles. The Morgan fingerprint density at radius 2 is 1.92 bits per heavy atom. The lowest BCUT2D eigenvalue weighted by molar-refractivity contribution is -0.111. The van der Waals surface area contributed by atoms with Gasteiger partial charge in [-0.2, -0.15) is 5.10 Å². The molecule has 1 fully saturated rings. The molecule has 0 atom stereocenters. The van der Waals surface area contributed by atoms with E-state index < -0.39 is 0 Å². The van der Waals surface area contributed by atoms with E-state index in [0.717, 1.165) is 22.4 Å². The number of hydrogen-bond acceptors (Lipinski definition) is 6. The highest BCUT2D eigenvalue weighted by Crippen LogP contribution is 2.25. The molecule has 2 aromatic carbocycles. The number of aryl methyl sites for hydroxylation is 2.